The minimum atomic E-state index is 0.195. The summed E-state index contributed by atoms with van der Waals surface area (Å²) in [6.45, 7) is 2.97. The first kappa shape index (κ1) is 10.5. The Balaban J connectivity index is 3.40. The van der Waals surface area contributed by atoms with Crippen molar-refractivity contribution < 1.29 is 4.74 Å². The highest BCUT2D eigenvalue weighted by Crippen LogP contribution is 2.07. The van der Waals surface area contributed by atoms with E-state index in [1.54, 1.807) is 0 Å². The summed E-state index contributed by atoms with van der Waals surface area (Å²) >= 11 is 4.20. The highest BCUT2D eigenvalue weighted by Gasteiger charge is 1.91. The molecule has 0 fully saturated rings. The van der Waals surface area contributed by atoms with Crippen LogP contribution in [-0.2, 0) is 4.74 Å². The van der Waals surface area contributed by atoms with Crippen LogP contribution in [0.4, 0.5) is 0 Å². The molecular weight excluding hydrogens is 164 g/mol. The largest absolute Gasteiger partial charge is 0.334 e. The van der Waals surface area contributed by atoms with Crippen LogP contribution >= 0.6 is 23.1 Å². The van der Waals surface area contributed by atoms with Gasteiger partial charge in [-0.3, -0.25) is 0 Å². The minimum Gasteiger partial charge on any atom is -0.334 e. The molecule has 0 aromatic carbocycles. The molecule has 0 N–H and O–H groups in total. The summed E-state index contributed by atoms with van der Waals surface area (Å²) in [5, 5.41) is 0. The van der Waals surface area contributed by atoms with Crippen molar-refractivity contribution in [2.24, 2.45) is 0 Å². The van der Waals surface area contributed by atoms with Crippen molar-refractivity contribution in [2.45, 2.75) is 19.8 Å². The van der Waals surface area contributed by atoms with Gasteiger partial charge in [-0.2, -0.15) is 10.5 Å². The summed E-state index contributed by atoms with van der Waals surface area (Å²) in [4.78, 5) is 0. The fourth-order valence-electron chi connectivity index (χ4n) is 0.422. The normalized spacial score (nSPS) is 10.5. The molecule has 0 amide bonds. The molecule has 0 saturated heterocycles. The van der Waals surface area contributed by atoms with Crippen LogP contribution in [0.5, 0.6) is 0 Å². The Hall–Kier alpha value is 0.530. The smallest absolute Gasteiger partial charge is 0.130 e. The zero-order valence-corrected chi connectivity index (χ0v) is 8.60. The number of rotatable bonds is 3. The second-order valence-corrected chi connectivity index (χ2v) is 5.00. The summed E-state index contributed by atoms with van der Waals surface area (Å²) in [6.07, 6.45) is 6.52. The van der Waals surface area contributed by atoms with E-state index in [-0.39, 0.29) is 10.5 Å². The van der Waals surface area contributed by atoms with Crippen molar-refractivity contribution in [2.75, 3.05) is 19.1 Å². The molecule has 0 aromatic rings. The predicted molar refractivity (Wildman–Crippen MR) is 54.3 cm³/mol. The summed E-state index contributed by atoms with van der Waals surface area (Å²) in [7, 11) is 0.195. The first-order valence-electron chi connectivity index (χ1n) is 3.44. The molecule has 0 aromatic heterocycles. The van der Waals surface area contributed by atoms with Crippen LogP contribution in [-0.4, -0.2) is 23.5 Å². The molecule has 0 radical (unpaired) electrons. The van der Waals surface area contributed by atoms with E-state index in [1.807, 2.05) is 0 Å². The Morgan fingerprint density at radius 2 is 2.10 bits per heavy atom. The van der Waals surface area contributed by atoms with Crippen LogP contribution in [0.3, 0.4) is 0 Å². The van der Waals surface area contributed by atoms with Crippen LogP contribution < -0.4 is 0 Å². The number of ether oxygens (including phenoxy) is 1. The van der Waals surface area contributed by atoms with E-state index in [0.29, 0.717) is 0 Å². The summed E-state index contributed by atoms with van der Waals surface area (Å²) in [5.41, 5.74) is 0. The van der Waals surface area contributed by atoms with E-state index in [0.717, 1.165) is 17.4 Å². The zero-order chi connectivity index (χ0) is 7.98. The van der Waals surface area contributed by atoms with Gasteiger partial charge in [-0.25, -0.2) is 0 Å². The van der Waals surface area contributed by atoms with Crippen LogP contribution in [0, 0.1) is 0 Å². The highest BCUT2D eigenvalue weighted by molar-refractivity contribution is 8.26. The zero-order valence-electron chi connectivity index (χ0n) is 6.89. The van der Waals surface area contributed by atoms with E-state index in [2.05, 4.69) is 32.1 Å². The lowest BCUT2D eigenvalue weighted by atomic mass is 10.4. The second kappa shape index (κ2) is 6.25. The van der Waals surface area contributed by atoms with Gasteiger partial charge in [0.2, 0.25) is 0 Å². The molecule has 0 heterocycles. The minimum absolute atomic E-state index is 0.195. The Morgan fingerprint density at radius 3 is 2.50 bits per heavy atom. The molecule has 3 heteroatoms. The fourth-order valence-corrected chi connectivity index (χ4v) is 0.832. The average molecular weight is 180 g/mol. The first-order chi connectivity index (χ1) is 4.68. The van der Waals surface area contributed by atoms with Gasteiger partial charge in [0.25, 0.3) is 0 Å². The molecule has 1 nitrogen and oxygen atoms in total. The van der Waals surface area contributed by atoms with Gasteiger partial charge in [-0.1, -0.05) is 13.3 Å². The maximum atomic E-state index is 5.34. The van der Waals surface area contributed by atoms with Crippen molar-refractivity contribution >= 4 is 27.5 Å². The predicted octanol–water partition coefficient (Wildman–Crippen LogP) is 2.35. The van der Waals surface area contributed by atoms with Gasteiger partial charge in [-0.05, 0) is 18.9 Å². The van der Waals surface area contributed by atoms with Gasteiger partial charge in [0.15, 0.2) is 0 Å². The second-order valence-electron chi connectivity index (χ2n) is 2.28. The number of unbranched alkanes of at least 4 members (excludes halogenated alkanes) is 1. The van der Waals surface area contributed by atoms with E-state index in [9.17, 15) is 0 Å². The van der Waals surface area contributed by atoms with E-state index < -0.39 is 0 Å². The Kier molecular flexibility index (Phi) is 6.59. The standard InChI is InChI=1S/C7H16OS2/c1-4-5-6-8-7(9)10(2)3/h9H,4-6H2,1-3H3. The van der Waals surface area contributed by atoms with Gasteiger partial charge < -0.3 is 4.74 Å². The third-order valence-corrected chi connectivity index (χ3v) is 3.11. The lowest BCUT2D eigenvalue weighted by Gasteiger charge is -2.03. The third-order valence-electron chi connectivity index (χ3n) is 1.07. The van der Waals surface area contributed by atoms with Crippen molar-refractivity contribution in [3.05, 3.63) is 0 Å². The van der Waals surface area contributed by atoms with Crippen molar-refractivity contribution in [1.82, 2.24) is 0 Å². The molecule has 10 heavy (non-hydrogen) atoms. The van der Waals surface area contributed by atoms with E-state index in [1.165, 1.54) is 6.42 Å². The molecule has 0 aliphatic heterocycles. The van der Waals surface area contributed by atoms with Crippen LogP contribution in [0.15, 0.2) is 0 Å². The van der Waals surface area contributed by atoms with Crippen LogP contribution in [0.1, 0.15) is 19.8 Å². The monoisotopic (exact) mass is 180 g/mol. The van der Waals surface area contributed by atoms with Crippen molar-refractivity contribution in [3.63, 3.8) is 0 Å². The molecule has 0 rings (SSSR count). The van der Waals surface area contributed by atoms with Gasteiger partial charge in [0.1, 0.15) is 4.38 Å². The van der Waals surface area contributed by atoms with Gasteiger partial charge in [0.05, 0.1) is 6.61 Å². The molecule has 62 valence electrons. The third kappa shape index (κ3) is 5.33. The lowest BCUT2D eigenvalue weighted by molar-refractivity contribution is 0.313. The topological polar surface area (TPSA) is 9.23 Å². The molecule has 0 saturated carbocycles. The van der Waals surface area contributed by atoms with Gasteiger partial charge in [-0.15, -0.1) is 12.6 Å². The molecule has 0 bridgehead atoms. The average Bonchev–Trinajstić information content (AvgIpc) is 1.88. The quantitative estimate of drug-likeness (QED) is 0.398. The first-order valence-corrected chi connectivity index (χ1v) is 5.93. The summed E-state index contributed by atoms with van der Waals surface area (Å²) in [5.74, 6) is 0. The summed E-state index contributed by atoms with van der Waals surface area (Å²) in [6, 6.07) is 0. The molecule has 0 spiro atoms. The van der Waals surface area contributed by atoms with E-state index >= 15 is 0 Å². The lowest BCUT2D eigenvalue weighted by Crippen LogP contribution is -1.98. The Labute approximate surface area is 71.5 Å². The van der Waals surface area contributed by atoms with Crippen LogP contribution in [0.2, 0.25) is 0 Å². The maximum absolute atomic E-state index is 5.34. The fraction of sp³-hybridized carbons (Fsp3) is 0.857. The number of thiol groups is 1. The van der Waals surface area contributed by atoms with Gasteiger partial charge >= 0.3 is 0 Å². The molecular formula is C7H16OS2. The molecule has 0 atom stereocenters. The Bertz CT molecular complexity index is 117. The molecule has 0 aliphatic carbocycles. The Morgan fingerprint density at radius 1 is 1.50 bits per heavy atom. The van der Waals surface area contributed by atoms with E-state index in [4.69, 9.17) is 4.74 Å². The van der Waals surface area contributed by atoms with Crippen LogP contribution in [0.25, 0.3) is 0 Å². The van der Waals surface area contributed by atoms with Crippen molar-refractivity contribution in [1.29, 1.82) is 0 Å². The summed E-state index contributed by atoms with van der Waals surface area (Å²) < 4.78 is 6.22. The van der Waals surface area contributed by atoms with Gasteiger partial charge in [0, 0.05) is 0 Å². The molecule has 0 aliphatic rings. The number of hydrogen-bond acceptors (Lipinski definition) is 1. The maximum Gasteiger partial charge on any atom is 0.130 e. The molecule has 0 unspecified atom stereocenters. The number of hydrogen-bond donors (Lipinski definition) is 1. The highest BCUT2D eigenvalue weighted by atomic mass is 32.2. The SMILES string of the molecule is CCCCOC(S)=S(C)C. The van der Waals surface area contributed by atoms with Crippen molar-refractivity contribution in [3.8, 4) is 0 Å².